The van der Waals surface area contributed by atoms with Gasteiger partial charge in [0.05, 0.1) is 22.9 Å². The molecule has 1 aliphatic rings. The van der Waals surface area contributed by atoms with Crippen LogP contribution >= 0.6 is 11.3 Å². The molecule has 1 amide bonds. The van der Waals surface area contributed by atoms with Gasteiger partial charge >= 0.3 is 0 Å². The van der Waals surface area contributed by atoms with E-state index in [0.29, 0.717) is 6.54 Å². The maximum absolute atomic E-state index is 13.5. The minimum absolute atomic E-state index is 0.00133. The zero-order chi connectivity index (χ0) is 19.8. The zero-order valence-electron chi connectivity index (χ0n) is 16.9. The van der Waals surface area contributed by atoms with E-state index in [2.05, 4.69) is 32.0 Å². The Morgan fingerprint density at radius 1 is 1.18 bits per heavy atom. The summed E-state index contributed by atoms with van der Waals surface area (Å²) in [6.45, 7) is 9.55. The molecule has 0 aliphatic carbocycles. The Hall–Kier alpha value is -2.24. The monoisotopic (exact) mass is 394 g/mol. The molecule has 1 aromatic heterocycles. The van der Waals surface area contributed by atoms with E-state index in [1.807, 2.05) is 30.9 Å². The number of fused-ring (bicyclic) bond motifs is 1. The zero-order valence-corrected chi connectivity index (χ0v) is 17.7. The lowest BCUT2D eigenvalue weighted by Crippen LogP contribution is -2.37. The summed E-state index contributed by atoms with van der Waals surface area (Å²) in [6.07, 6.45) is 2.11. The molecule has 0 radical (unpaired) electrons. The number of hydrogen-bond acceptors (Lipinski definition) is 4. The van der Waals surface area contributed by atoms with Crippen molar-refractivity contribution in [1.29, 1.82) is 0 Å². The van der Waals surface area contributed by atoms with E-state index < -0.39 is 0 Å². The van der Waals surface area contributed by atoms with E-state index in [0.717, 1.165) is 51.5 Å². The fourth-order valence-corrected chi connectivity index (χ4v) is 4.80. The smallest absolute Gasteiger partial charge is 0.260 e. The Kier molecular flexibility index (Phi) is 5.21. The molecule has 2 aromatic carbocycles. The van der Waals surface area contributed by atoms with Crippen LogP contribution in [0, 0.1) is 27.7 Å². The molecule has 1 saturated heterocycles. The molecule has 2 heterocycles. The van der Waals surface area contributed by atoms with Gasteiger partial charge in [-0.2, -0.15) is 0 Å². The first-order valence-corrected chi connectivity index (χ1v) is 10.6. The number of carbonyl (C=O) groups is 1. The van der Waals surface area contributed by atoms with Crippen molar-refractivity contribution in [2.45, 2.75) is 46.6 Å². The van der Waals surface area contributed by atoms with E-state index >= 15 is 0 Å². The first kappa shape index (κ1) is 19.1. The number of benzene rings is 2. The molecule has 1 unspecified atom stereocenters. The van der Waals surface area contributed by atoms with Crippen molar-refractivity contribution >= 4 is 32.6 Å². The lowest BCUT2D eigenvalue weighted by Gasteiger charge is -2.24. The Morgan fingerprint density at radius 2 is 2.00 bits per heavy atom. The first-order chi connectivity index (χ1) is 13.4. The van der Waals surface area contributed by atoms with Gasteiger partial charge in [-0.1, -0.05) is 35.1 Å². The second kappa shape index (κ2) is 7.64. The third-order valence-corrected chi connectivity index (χ3v) is 6.62. The fraction of sp³-hybridized carbons (Fsp3) is 0.391. The number of aryl methyl sites for hydroxylation is 4. The van der Waals surface area contributed by atoms with Crippen LogP contribution in [0.5, 0.6) is 0 Å². The van der Waals surface area contributed by atoms with Crippen molar-refractivity contribution in [1.82, 2.24) is 4.98 Å². The van der Waals surface area contributed by atoms with Crippen molar-refractivity contribution in [3.05, 3.63) is 58.1 Å². The lowest BCUT2D eigenvalue weighted by molar-refractivity contribution is 0.0917. The molecule has 3 aromatic rings. The van der Waals surface area contributed by atoms with Crippen molar-refractivity contribution in [3.63, 3.8) is 0 Å². The SMILES string of the molecule is Cc1ccc(C(=O)N(CC2CCCO2)c2nc3c(C)c(C)ccc3s2)c(C)c1. The van der Waals surface area contributed by atoms with Gasteiger partial charge < -0.3 is 4.74 Å². The molecule has 5 heteroatoms. The van der Waals surface area contributed by atoms with Crippen LogP contribution in [0.25, 0.3) is 10.2 Å². The van der Waals surface area contributed by atoms with Crippen molar-refractivity contribution < 1.29 is 9.53 Å². The van der Waals surface area contributed by atoms with Gasteiger partial charge in [-0.25, -0.2) is 4.98 Å². The van der Waals surface area contributed by atoms with Crippen LogP contribution in [0.2, 0.25) is 0 Å². The molecule has 4 nitrogen and oxygen atoms in total. The number of carbonyl (C=O) groups excluding carboxylic acids is 1. The van der Waals surface area contributed by atoms with E-state index in [1.165, 1.54) is 11.1 Å². The maximum Gasteiger partial charge on any atom is 0.260 e. The minimum atomic E-state index is 0.00133. The van der Waals surface area contributed by atoms with Gasteiger partial charge in [-0.15, -0.1) is 0 Å². The van der Waals surface area contributed by atoms with Crippen molar-refractivity contribution in [2.75, 3.05) is 18.1 Å². The Balaban J connectivity index is 1.76. The number of hydrogen-bond donors (Lipinski definition) is 0. The third-order valence-electron chi connectivity index (χ3n) is 5.57. The second-order valence-electron chi connectivity index (χ2n) is 7.72. The van der Waals surface area contributed by atoms with Gasteiger partial charge in [-0.3, -0.25) is 9.69 Å². The van der Waals surface area contributed by atoms with Crippen LogP contribution in [0.15, 0.2) is 30.3 Å². The number of aromatic nitrogens is 1. The predicted octanol–water partition coefficient (Wildman–Crippen LogP) is 5.36. The Morgan fingerprint density at radius 3 is 2.71 bits per heavy atom. The second-order valence-corrected chi connectivity index (χ2v) is 8.73. The van der Waals surface area contributed by atoms with Crippen molar-refractivity contribution in [2.24, 2.45) is 0 Å². The number of thiazole rings is 1. The first-order valence-electron chi connectivity index (χ1n) is 9.81. The minimum Gasteiger partial charge on any atom is -0.376 e. The normalized spacial score (nSPS) is 16.6. The molecule has 0 spiro atoms. The highest BCUT2D eigenvalue weighted by molar-refractivity contribution is 7.22. The van der Waals surface area contributed by atoms with E-state index in [1.54, 1.807) is 11.3 Å². The summed E-state index contributed by atoms with van der Waals surface area (Å²) in [5, 5.41) is 0.754. The van der Waals surface area contributed by atoms with Crippen LogP contribution in [-0.4, -0.2) is 30.1 Å². The van der Waals surface area contributed by atoms with Gasteiger partial charge in [0.15, 0.2) is 5.13 Å². The number of amides is 1. The van der Waals surface area contributed by atoms with Crippen LogP contribution < -0.4 is 4.90 Å². The summed E-state index contributed by atoms with van der Waals surface area (Å²) in [4.78, 5) is 20.2. The summed E-state index contributed by atoms with van der Waals surface area (Å²) in [7, 11) is 0. The predicted molar refractivity (Wildman–Crippen MR) is 116 cm³/mol. The molecule has 146 valence electrons. The number of ether oxygens (including phenoxy) is 1. The summed E-state index contributed by atoms with van der Waals surface area (Å²) >= 11 is 1.58. The molecule has 1 aliphatic heterocycles. The van der Waals surface area contributed by atoms with Crippen LogP contribution in [-0.2, 0) is 4.74 Å². The molecule has 0 bridgehead atoms. The molecule has 0 N–H and O–H groups in total. The van der Waals surface area contributed by atoms with Gasteiger partial charge in [0, 0.05) is 12.2 Å². The van der Waals surface area contributed by atoms with E-state index in [9.17, 15) is 4.79 Å². The number of anilines is 1. The number of rotatable bonds is 4. The summed E-state index contributed by atoms with van der Waals surface area (Å²) in [5.74, 6) is 0.00133. The topological polar surface area (TPSA) is 42.4 Å². The van der Waals surface area contributed by atoms with Crippen LogP contribution in [0.1, 0.15) is 45.5 Å². The molecule has 4 rings (SSSR count). The van der Waals surface area contributed by atoms with E-state index in [-0.39, 0.29) is 12.0 Å². The lowest BCUT2D eigenvalue weighted by atomic mass is 10.0. The third kappa shape index (κ3) is 3.56. The average Bonchev–Trinajstić information content (AvgIpc) is 3.32. The molecule has 1 fully saturated rings. The highest BCUT2D eigenvalue weighted by atomic mass is 32.1. The Labute approximate surface area is 170 Å². The summed E-state index contributed by atoms with van der Waals surface area (Å²) in [6, 6.07) is 10.2. The van der Waals surface area contributed by atoms with Crippen LogP contribution in [0.3, 0.4) is 0 Å². The quantitative estimate of drug-likeness (QED) is 0.598. The molecule has 0 saturated carbocycles. The van der Waals surface area contributed by atoms with E-state index in [4.69, 9.17) is 9.72 Å². The Bertz CT molecular complexity index is 1030. The van der Waals surface area contributed by atoms with Crippen LogP contribution in [0.4, 0.5) is 5.13 Å². The molecule has 1 atom stereocenters. The van der Waals surface area contributed by atoms with Gasteiger partial charge in [-0.05, 0) is 69.4 Å². The largest absolute Gasteiger partial charge is 0.376 e. The standard InChI is InChI=1S/C23H26N2O2S/c1-14-7-9-19(16(3)12-14)22(26)25(13-18-6-5-11-27-18)23-24-21-17(4)15(2)8-10-20(21)28-23/h7-10,12,18H,5-6,11,13H2,1-4H3. The fourth-order valence-electron chi connectivity index (χ4n) is 3.77. The number of nitrogens with zero attached hydrogens (tertiary/aromatic N) is 2. The summed E-state index contributed by atoms with van der Waals surface area (Å²) < 4.78 is 6.95. The molecular formula is C23H26N2O2S. The highest BCUT2D eigenvalue weighted by Crippen LogP contribution is 2.33. The summed E-state index contributed by atoms with van der Waals surface area (Å²) in [5.41, 5.74) is 6.27. The van der Waals surface area contributed by atoms with Crippen molar-refractivity contribution in [3.8, 4) is 0 Å². The highest BCUT2D eigenvalue weighted by Gasteiger charge is 2.28. The maximum atomic E-state index is 13.5. The average molecular weight is 395 g/mol. The molecular weight excluding hydrogens is 368 g/mol. The van der Waals surface area contributed by atoms with Gasteiger partial charge in [0.25, 0.3) is 5.91 Å². The van der Waals surface area contributed by atoms with Gasteiger partial charge in [0.2, 0.25) is 0 Å². The molecule has 28 heavy (non-hydrogen) atoms. The van der Waals surface area contributed by atoms with Gasteiger partial charge in [0.1, 0.15) is 0 Å².